The third-order valence-electron chi connectivity index (χ3n) is 5.34. The summed E-state index contributed by atoms with van der Waals surface area (Å²) in [6, 6.07) is 0.00126. The smallest absolute Gasteiger partial charge is 0.223 e. The predicted molar refractivity (Wildman–Crippen MR) is 110 cm³/mol. The first-order valence-corrected chi connectivity index (χ1v) is 8.79. The van der Waals surface area contributed by atoms with Crippen molar-refractivity contribution in [3.05, 3.63) is 17.5 Å². The molecule has 2 fully saturated rings. The lowest BCUT2D eigenvalue weighted by Crippen LogP contribution is -2.48. The van der Waals surface area contributed by atoms with Crippen molar-refractivity contribution >= 4 is 35.8 Å². The van der Waals surface area contributed by atoms with Gasteiger partial charge >= 0.3 is 0 Å². The summed E-state index contributed by atoms with van der Waals surface area (Å²) in [6.07, 6.45) is 2.51. The lowest BCUT2D eigenvalue weighted by atomic mass is 9.94. The number of nitrogens with zero attached hydrogens (tertiary/aromatic N) is 5. The molecule has 3 rings (SSSR count). The van der Waals surface area contributed by atoms with Crippen LogP contribution in [0.2, 0.25) is 0 Å². The largest absolute Gasteiger partial charge is 0.375 e. The number of rotatable bonds is 3. The summed E-state index contributed by atoms with van der Waals surface area (Å²) in [6.45, 7) is 6.78. The highest BCUT2D eigenvalue weighted by Crippen LogP contribution is 2.38. The van der Waals surface area contributed by atoms with Crippen molar-refractivity contribution in [1.82, 2.24) is 19.6 Å². The molecule has 146 valence electrons. The van der Waals surface area contributed by atoms with Gasteiger partial charge in [-0.25, -0.2) is 0 Å². The van der Waals surface area contributed by atoms with E-state index in [1.54, 1.807) is 0 Å². The summed E-state index contributed by atoms with van der Waals surface area (Å²) in [4.78, 5) is 20.7. The molecule has 1 aromatic rings. The number of hydrogen-bond donors (Lipinski definition) is 1. The summed E-state index contributed by atoms with van der Waals surface area (Å²) >= 11 is 0. The lowest BCUT2D eigenvalue weighted by Gasteiger charge is -2.32. The van der Waals surface area contributed by atoms with E-state index in [0.717, 1.165) is 24.3 Å². The molecular formula is C17H29IN6O2. The second-order valence-corrected chi connectivity index (χ2v) is 7.05. The lowest BCUT2D eigenvalue weighted by molar-refractivity contribution is -0.127. The molecule has 1 unspecified atom stereocenters. The molecule has 2 aliphatic rings. The van der Waals surface area contributed by atoms with E-state index in [-0.39, 0.29) is 47.9 Å². The molecule has 26 heavy (non-hydrogen) atoms. The Hall–Kier alpha value is -1.36. The van der Waals surface area contributed by atoms with Crippen LogP contribution < -0.4 is 5.73 Å². The Labute approximate surface area is 171 Å². The molecule has 0 aromatic carbocycles. The van der Waals surface area contributed by atoms with E-state index < -0.39 is 0 Å². The van der Waals surface area contributed by atoms with Gasteiger partial charge in [0.1, 0.15) is 0 Å². The number of halogens is 1. The van der Waals surface area contributed by atoms with Gasteiger partial charge in [-0.1, -0.05) is 0 Å². The average molecular weight is 476 g/mol. The monoisotopic (exact) mass is 476 g/mol. The molecule has 8 nitrogen and oxygen atoms in total. The number of aliphatic imine (C=N–C) groups is 1. The SMILES string of the molecule is Cc1c([C@H]2[C@H](CN=C(N)N3CCOC(C)C3)CC(=O)N2C)cnn1C.I. The van der Waals surface area contributed by atoms with Crippen LogP contribution in [-0.4, -0.2) is 70.8 Å². The van der Waals surface area contributed by atoms with E-state index in [1.165, 1.54) is 0 Å². The molecule has 0 radical (unpaired) electrons. The van der Waals surface area contributed by atoms with Crippen LogP contribution in [0.5, 0.6) is 0 Å². The molecule has 0 bridgehead atoms. The maximum Gasteiger partial charge on any atom is 0.223 e. The van der Waals surface area contributed by atoms with Gasteiger partial charge in [0.15, 0.2) is 5.96 Å². The number of nitrogens with two attached hydrogens (primary N) is 1. The molecular weight excluding hydrogens is 447 g/mol. The Morgan fingerprint density at radius 3 is 2.81 bits per heavy atom. The first-order chi connectivity index (χ1) is 11.9. The third kappa shape index (κ3) is 4.13. The van der Waals surface area contributed by atoms with E-state index in [2.05, 4.69) is 15.0 Å². The fourth-order valence-corrected chi connectivity index (χ4v) is 3.72. The Balaban J connectivity index is 0.00000243. The summed E-state index contributed by atoms with van der Waals surface area (Å²) in [5, 5.41) is 4.33. The Morgan fingerprint density at radius 1 is 1.46 bits per heavy atom. The number of carbonyl (C=O) groups is 1. The summed E-state index contributed by atoms with van der Waals surface area (Å²) in [7, 11) is 3.77. The number of carbonyl (C=O) groups excluding carboxylic acids is 1. The third-order valence-corrected chi connectivity index (χ3v) is 5.34. The molecule has 2 aliphatic heterocycles. The Bertz CT molecular complexity index is 676. The number of aromatic nitrogens is 2. The van der Waals surface area contributed by atoms with Gasteiger partial charge in [0.2, 0.25) is 5.91 Å². The second kappa shape index (κ2) is 8.55. The van der Waals surface area contributed by atoms with Crippen molar-refractivity contribution in [1.29, 1.82) is 0 Å². The number of hydrogen-bond acceptors (Lipinski definition) is 4. The molecule has 1 aromatic heterocycles. The number of aryl methyl sites for hydroxylation is 1. The quantitative estimate of drug-likeness (QED) is 0.398. The summed E-state index contributed by atoms with van der Waals surface area (Å²) in [5.74, 6) is 0.795. The summed E-state index contributed by atoms with van der Waals surface area (Å²) in [5.41, 5.74) is 8.35. The number of amides is 1. The number of likely N-dealkylation sites (tertiary alicyclic amines) is 1. The number of guanidine groups is 1. The normalized spacial score (nSPS) is 27.0. The molecule has 1 amide bonds. The van der Waals surface area contributed by atoms with Crippen molar-refractivity contribution in [3.63, 3.8) is 0 Å². The van der Waals surface area contributed by atoms with Crippen LogP contribution >= 0.6 is 24.0 Å². The standard InChI is InChI=1S/C17H28N6O2.HI/c1-11-10-23(5-6-25-11)17(18)19-8-13-7-15(24)21(3)16(13)14-9-20-22(4)12(14)2;/h9,11,13,16H,5-8,10H2,1-4H3,(H2,18,19);1H/t11?,13-,16+;/m0./s1. The Morgan fingerprint density at radius 2 is 2.19 bits per heavy atom. The van der Waals surface area contributed by atoms with Crippen LogP contribution in [0.4, 0.5) is 0 Å². The van der Waals surface area contributed by atoms with Gasteiger partial charge < -0.3 is 20.3 Å². The molecule has 3 heterocycles. The molecule has 9 heteroatoms. The first-order valence-electron chi connectivity index (χ1n) is 8.79. The van der Waals surface area contributed by atoms with Crippen LogP contribution in [0, 0.1) is 12.8 Å². The van der Waals surface area contributed by atoms with Crippen LogP contribution in [0.25, 0.3) is 0 Å². The van der Waals surface area contributed by atoms with Crippen molar-refractivity contribution < 1.29 is 9.53 Å². The maximum absolute atomic E-state index is 12.3. The van der Waals surface area contributed by atoms with Crippen LogP contribution in [-0.2, 0) is 16.6 Å². The van der Waals surface area contributed by atoms with E-state index in [0.29, 0.717) is 25.5 Å². The minimum absolute atomic E-state index is 0. The minimum Gasteiger partial charge on any atom is -0.375 e. The van der Waals surface area contributed by atoms with Gasteiger partial charge in [-0.3, -0.25) is 14.5 Å². The highest BCUT2D eigenvalue weighted by molar-refractivity contribution is 14.0. The Kier molecular flexibility index (Phi) is 6.89. The molecule has 0 spiro atoms. The van der Waals surface area contributed by atoms with Crippen LogP contribution in [0.3, 0.4) is 0 Å². The van der Waals surface area contributed by atoms with E-state index in [9.17, 15) is 4.79 Å². The van der Waals surface area contributed by atoms with Crippen molar-refractivity contribution in [2.45, 2.75) is 32.4 Å². The highest BCUT2D eigenvalue weighted by atomic mass is 127. The van der Waals surface area contributed by atoms with E-state index in [4.69, 9.17) is 10.5 Å². The molecule has 2 saturated heterocycles. The fraction of sp³-hybridized carbons (Fsp3) is 0.706. The van der Waals surface area contributed by atoms with Crippen molar-refractivity contribution in [2.24, 2.45) is 23.7 Å². The van der Waals surface area contributed by atoms with Gasteiger partial charge in [-0.05, 0) is 13.8 Å². The molecule has 0 saturated carbocycles. The molecule has 2 N–H and O–H groups in total. The van der Waals surface area contributed by atoms with Crippen LogP contribution in [0.1, 0.15) is 30.6 Å². The van der Waals surface area contributed by atoms with Gasteiger partial charge in [0.25, 0.3) is 0 Å². The van der Waals surface area contributed by atoms with Gasteiger partial charge in [-0.2, -0.15) is 5.10 Å². The zero-order chi connectivity index (χ0) is 18.1. The van der Waals surface area contributed by atoms with Gasteiger partial charge in [0, 0.05) is 57.3 Å². The van der Waals surface area contributed by atoms with Gasteiger partial charge in [0.05, 0.1) is 24.9 Å². The van der Waals surface area contributed by atoms with E-state index >= 15 is 0 Å². The zero-order valence-electron chi connectivity index (χ0n) is 15.9. The average Bonchev–Trinajstić information content (AvgIpc) is 3.05. The topological polar surface area (TPSA) is 89.0 Å². The second-order valence-electron chi connectivity index (χ2n) is 7.05. The fourth-order valence-electron chi connectivity index (χ4n) is 3.72. The van der Waals surface area contributed by atoms with Gasteiger partial charge in [-0.15, -0.1) is 24.0 Å². The zero-order valence-corrected chi connectivity index (χ0v) is 18.2. The molecule has 0 aliphatic carbocycles. The predicted octanol–water partition coefficient (Wildman–Crippen LogP) is 0.901. The minimum atomic E-state index is 0. The maximum atomic E-state index is 12.3. The van der Waals surface area contributed by atoms with Crippen molar-refractivity contribution in [3.8, 4) is 0 Å². The highest BCUT2D eigenvalue weighted by Gasteiger charge is 2.40. The van der Waals surface area contributed by atoms with Crippen LogP contribution in [0.15, 0.2) is 11.2 Å². The van der Waals surface area contributed by atoms with E-state index in [1.807, 2.05) is 43.7 Å². The molecule has 3 atom stereocenters. The van der Waals surface area contributed by atoms with Crippen molar-refractivity contribution in [2.75, 3.05) is 33.3 Å². The first kappa shape index (κ1) is 20.9. The number of ether oxygens (including phenoxy) is 1. The summed E-state index contributed by atoms with van der Waals surface area (Å²) < 4.78 is 7.38. The number of morpholine rings is 1.